The summed E-state index contributed by atoms with van der Waals surface area (Å²) in [7, 11) is 0. The first-order valence-corrected chi connectivity index (χ1v) is 15.4. The van der Waals surface area contributed by atoms with Gasteiger partial charge in [0.15, 0.2) is 0 Å². The zero-order valence-corrected chi connectivity index (χ0v) is 26.2. The second-order valence-electron chi connectivity index (χ2n) is 10.4. The van der Waals surface area contributed by atoms with Crippen molar-refractivity contribution in [3.63, 3.8) is 0 Å². The summed E-state index contributed by atoms with van der Waals surface area (Å²) in [5.41, 5.74) is 11.0. The second kappa shape index (κ2) is 15.7. The van der Waals surface area contributed by atoms with E-state index in [2.05, 4.69) is 85.3 Å². The van der Waals surface area contributed by atoms with Gasteiger partial charge >= 0.3 is 0 Å². The number of aromatic nitrogens is 1. The Labute approximate surface area is 265 Å². The van der Waals surface area contributed by atoms with Gasteiger partial charge in [-0.25, -0.2) is 0 Å². The van der Waals surface area contributed by atoms with Gasteiger partial charge < -0.3 is 30.3 Å². The Morgan fingerprint density at radius 1 is 0.767 bits per heavy atom. The number of hydrogen-bond donors (Lipinski definition) is 2. The number of allylic oxidation sites excluding steroid dienone is 1. The van der Waals surface area contributed by atoms with Crippen molar-refractivity contribution in [2.45, 2.75) is 19.8 Å². The van der Waals surface area contributed by atoms with Gasteiger partial charge in [-0.15, -0.1) is 0 Å². The molecule has 0 aliphatic carbocycles. The van der Waals surface area contributed by atoms with E-state index in [0.29, 0.717) is 15.8 Å². The van der Waals surface area contributed by atoms with Crippen molar-refractivity contribution in [1.29, 1.82) is 10.5 Å². The van der Waals surface area contributed by atoms with Gasteiger partial charge in [0.2, 0.25) is 0 Å². The fourth-order valence-corrected chi connectivity index (χ4v) is 5.93. The number of pyridine rings is 1. The van der Waals surface area contributed by atoms with Crippen LogP contribution in [0.2, 0.25) is 0 Å². The first kappa shape index (κ1) is 31.6. The van der Waals surface area contributed by atoms with E-state index in [9.17, 15) is 10.5 Å². The van der Waals surface area contributed by atoms with Crippen LogP contribution in [0.1, 0.15) is 25.3 Å². The molecule has 2 aliphatic rings. The van der Waals surface area contributed by atoms with Gasteiger partial charge in [0.05, 0.1) is 5.69 Å². The van der Waals surface area contributed by atoms with Crippen molar-refractivity contribution < 1.29 is 0 Å². The molecule has 10 heteroatoms. The summed E-state index contributed by atoms with van der Waals surface area (Å²) in [5.74, 6) is 0. The molecule has 0 spiro atoms. The fraction of sp³-hybridized carbons (Fsp3) is 0.333. The van der Waals surface area contributed by atoms with E-state index in [4.69, 9.17) is 30.2 Å². The minimum Gasteiger partial charge on any atom is -0.389 e. The lowest BCUT2D eigenvalue weighted by atomic mass is 10.2. The van der Waals surface area contributed by atoms with E-state index < -0.39 is 0 Å². The highest BCUT2D eigenvalue weighted by molar-refractivity contribution is 7.80. The Balaban J connectivity index is 0.000000197. The Kier molecular flexibility index (Phi) is 11.5. The highest BCUT2D eigenvalue weighted by Gasteiger charge is 2.19. The smallest absolute Gasteiger partial charge is 0.123 e. The van der Waals surface area contributed by atoms with Crippen molar-refractivity contribution in [2.75, 3.05) is 67.1 Å². The Morgan fingerprint density at radius 3 is 1.86 bits per heavy atom. The molecular weight excluding hydrogens is 573 g/mol. The fourth-order valence-electron chi connectivity index (χ4n) is 5.52. The number of anilines is 3. The number of H-pyrrole nitrogens is 1. The summed E-state index contributed by atoms with van der Waals surface area (Å²) in [4.78, 5) is 12.4. The molecule has 0 bridgehead atoms. The van der Waals surface area contributed by atoms with Gasteiger partial charge in [0.25, 0.3) is 0 Å². The number of aromatic amines is 1. The van der Waals surface area contributed by atoms with Crippen LogP contribution in [0.15, 0.2) is 84.2 Å². The third-order valence-corrected chi connectivity index (χ3v) is 8.35. The van der Waals surface area contributed by atoms with Gasteiger partial charge in [0.1, 0.15) is 32.9 Å². The number of nitrogens with zero attached hydrogens (tertiary/aromatic N) is 6. The summed E-state index contributed by atoms with van der Waals surface area (Å²) >= 11 is 10.2. The highest BCUT2D eigenvalue weighted by Crippen LogP contribution is 2.23. The minimum atomic E-state index is 0.180. The lowest BCUT2D eigenvalue weighted by molar-refractivity contribution is 0.369. The SMILES string of the molecule is C/C(=C(\C#N)C(N)=S)N1CCCN(c2ccccc2)CC1.N#Cc1c(N2CCCN(c3ccccc3)CC2)cc[nH]c1=S. The maximum absolute atomic E-state index is 9.36. The molecule has 8 nitrogen and oxygen atoms in total. The summed E-state index contributed by atoms with van der Waals surface area (Å²) in [5, 5.41) is 18.5. The third-order valence-electron chi connectivity index (χ3n) is 7.82. The minimum absolute atomic E-state index is 0.180. The van der Waals surface area contributed by atoms with Crippen LogP contribution in [0.25, 0.3) is 0 Å². The normalized spacial score (nSPS) is 16.0. The van der Waals surface area contributed by atoms with E-state index in [1.165, 1.54) is 11.4 Å². The van der Waals surface area contributed by atoms with Crippen LogP contribution < -0.4 is 20.4 Å². The predicted molar refractivity (Wildman–Crippen MR) is 182 cm³/mol. The molecule has 2 saturated heterocycles. The van der Waals surface area contributed by atoms with Crippen molar-refractivity contribution in [1.82, 2.24) is 9.88 Å². The molecule has 2 aliphatic heterocycles. The van der Waals surface area contributed by atoms with Crippen LogP contribution in [0.4, 0.5) is 17.1 Å². The van der Waals surface area contributed by atoms with Gasteiger partial charge in [-0.2, -0.15) is 10.5 Å². The van der Waals surface area contributed by atoms with Gasteiger partial charge in [-0.1, -0.05) is 60.8 Å². The van der Waals surface area contributed by atoms with E-state index in [-0.39, 0.29) is 4.99 Å². The predicted octanol–water partition coefficient (Wildman–Crippen LogP) is 5.61. The van der Waals surface area contributed by atoms with Gasteiger partial charge in [-0.05, 0) is 50.1 Å². The molecule has 0 unspecified atom stereocenters. The third kappa shape index (κ3) is 8.35. The van der Waals surface area contributed by atoms with Gasteiger partial charge in [-0.3, -0.25) is 0 Å². The average Bonchev–Trinajstić information content (AvgIpc) is 3.44. The van der Waals surface area contributed by atoms with Crippen LogP contribution in [0, 0.1) is 27.3 Å². The van der Waals surface area contributed by atoms with E-state index >= 15 is 0 Å². The van der Waals surface area contributed by atoms with E-state index in [0.717, 1.165) is 76.6 Å². The maximum atomic E-state index is 9.36. The first-order chi connectivity index (χ1) is 20.9. The van der Waals surface area contributed by atoms with E-state index in [1.807, 2.05) is 31.3 Å². The molecule has 5 rings (SSSR count). The number of benzene rings is 2. The van der Waals surface area contributed by atoms with Crippen LogP contribution >= 0.6 is 24.4 Å². The number of nitrogens with one attached hydrogen (secondary N) is 1. The van der Waals surface area contributed by atoms with Crippen molar-refractivity contribution in [3.8, 4) is 12.1 Å². The van der Waals surface area contributed by atoms with Crippen LogP contribution in [0.5, 0.6) is 0 Å². The van der Waals surface area contributed by atoms with Crippen LogP contribution in [-0.4, -0.2) is 67.2 Å². The number of hydrogen-bond acceptors (Lipinski definition) is 8. The lowest BCUT2D eigenvalue weighted by Gasteiger charge is -2.25. The first-order valence-electron chi connectivity index (χ1n) is 14.6. The molecule has 0 atom stereocenters. The quantitative estimate of drug-likeness (QED) is 0.217. The summed E-state index contributed by atoms with van der Waals surface area (Å²) in [6.45, 7) is 9.47. The molecule has 222 valence electrons. The molecule has 1 aromatic heterocycles. The molecule has 0 saturated carbocycles. The molecular formula is C33H38N8S2. The van der Waals surface area contributed by atoms with Gasteiger partial charge in [0, 0.05) is 75.6 Å². The Hall–Kier alpha value is -4.38. The van der Waals surface area contributed by atoms with Crippen LogP contribution in [-0.2, 0) is 0 Å². The summed E-state index contributed by atoms with van der Waals surface area (Å²) in [6, 6.07) is 27.2. The summed E-state index contributed by atoms with van der Waals surface area (Å²) < 4.78 is 0.518. The van der Waals surface area contributed by atoms with Crippen LogP contribution in [0.3, 0.4) is 0 Å². The summed E-state index contributed by atoms with van der Waals surface area (Å²) in [6.07, 6.45) is 3.92. The monoisotopic (exact) mass is 610 g/mol. The van der Waals surface area contributed by atoms with Crippen molar-refractivity contribution in [3.05, 3.63) is 94.4 Å². The number of para-hydroxylation sites is 2. The van der Waals surface area contributed by atoms with Crippen molar-refractivity contribution >= 4 is 46.5 Å². The standard InChI is InChI=1S/C17H18N4S.C16H20N4S/c18-13-15-16(7-8-19-17(15)22)21-10-4-9-20(11-12-21)14-5-2-1-3-6-14;1-13(15(12-17)16(18)21)19-8-5-9-20(11-10-19)14-6-3-2-4-7-14/h1-3,5-8H,4,9-12H2,(H,19,22);2-4,6-7H,5,8-11H2,1H3,(H2,18,21)/b;15-13-. The largest absolute Gasteiger partial charge is 0.389 e. The number of nitriles is 2. The second-order valence-corrected chi connectivity index (χ2v) is 11.3. The molecule has 3 heterocycles. The molecule has 2 fully saturated rings. The molecule has 0 amide bonds. The zero-order chi connectivity index (χ0) is 30.6. The van der Waals surface area contributed by atoms with Crippen molar-refractivity contribution in [2.24, 2.45) is 5.73 Å². The number of rotatable bonds is 5. The average molecular weight is 611 g/mol. The Morgan fingerprint density at radius 2 is 1.30 bits per heavy atom. The van der Waals surface area contributed by atoms with E-state index in [1.54, 1.807) is 0 Å². The molecule has 2 aromatic carbocycles. The molecule has 0 radical (unpaired) electrons. The zero-order valence-electron chi connectivity index (χ0n) is 24.6. The Bertz CT molecular complexity index is 1540. The molecule has 3 N–H and O–H groups in total. The maximum Gasteiger partial charge on any atom is 0.123 e. The number of thiocarbonyl (C=S) groups is 1. The molecule has 43 heavy (non-hydrogen) atoms. The lowest BCUT2D eigenvalue weighted by Crippen LogP contribution is -2.31. The molecule has 3 aromatic rings. The topological polar surface area (TPSA) is 102 Å². The highest BCUT2D eigenvalue weighted by atomic mass is 32.1. The number of nitrogens with two attached hydrogens (primary N) is 1.